The SMILES string of the molecule is Cc1ccc(S(=O)(=O)OC[C@H]2CC[C@H](c3ccc(-c4ccc(OC(F)F)c(F)c4)c(F)c3)CC2)cc1. The van der Waals surface area contributed by atoms with E-state index in [2.05, 4.69) is 4.74 Å². The van der Waals surface area contributed by atoms with Gasteiger partial charge in [0.25, 0.3) is 10.1 Å². The number of aryl methyl sites for hydroxylation is 1. The summed E-state index contributed by atoms with van der Waals surface area (Å²) in [5.41, 5.74) is 2.14. The number of rotatable bonds is 8. The molecule has 0 radical (unpaired) electrons. The van der Waals surface area contributed by atoms with Gasteiger partial charge >= 0.3 is 6.61 Å². The minimum atomic E-state index is -3.81. The van der Waals surface area contributed by atoms with Crippen molar-refractivity contribution in [2.24, 2.45) is 5.92 Å². The fourth-order valence-corrected chi connectivity index (χ4v) is 5.48. The Morgan fingerprint density at radius 1 is 0.889 bits per heavy atom. The Morgan fingerprint density at radius 3 is 2.19 bits per heavy atom. The number of ether oxygens (including phenoxy) is 1. The maximum atomic E-state index is 14.9. The molecule has 0 heterocycles. The Labute approximate surface area is 208 Å². The summed E-state index contributed by atoms with van der Waals surface area (Å²) in [7, 11) is -3.81. The number of hydrogen-bond acceptors (Lipinski definition) is 4. The van der Waals surface area contributed by atoms with E-state index in [1.54, 1.807) is 24.3 Å². The summed E-state index contributed by atoms with van der Waals surface area (Å²) in [5, 5.41) is 0. The topological polar surface area (TPSA) is 52.6 Å². The molecule has 3 aromatic carbocycles. The van der Waals surface area contributed by atoms with Gasteiger partial charge in [0.15, 0.2) is 11.6 Å². The van der Waals surface area contributed by atoms with E-state index in [4.69, 9.17) is 4.18 Å². The smallest absolute Gasteiger partial charge is 0.387 e. The molecule has 0 atom stereocenters. The third kappa shape index (κ3) is 6.25. The van der Waals surface area contributed by atoms with Crippen LogP contribution in [-0.2, 0) is 14.3 Å². The van der Waals surface area contributed by atoms with Gasteiger partial charge in [-0.25, -0.2) is 8.78 Å². The highest BCUT2D eigenvalue weighted by atomic mass is 32.2. The Bertz CT molecular complexity index is 1300. The molecule has 0 N–H and O–H groups in total. The molecule has 0 aromatic heterocycles. The molecule has 36 heavy (non-hydrogen) atoms. The molecule has 9 heteroatoms. The zero-order valence-electron chi connectivity index (χ0n) is 19.6. The summed E-state index contributed by atoms with van der Waals surface area (Å²) < 4.78 is 87.8. The summed E-state index contributed by atoms with van der Waals surface area (Å²) in [6, 6.07) is 14.6. The van der Waals surface area contributed by atoms with Crippen LogP contribution in [0.4, 0.5) is 17.6 Å². The lowest BCUT2D eigenvalue weighted by atomic mass is 9.79. The molecule has 1 saturated carbocycles. The highest BCUT2D eigenvalue weighted by Crippen LogP contribution is 2.38. The summed E-state index contributed by atoms with van der Waals surface area (Å²) in [6.45, 7) is -1.17. The van der Waals surface area contributed by atoms with Crippen molar-refractivity contribution < 1.29 is 34.9 Å². The predicted molar refractivity (Wildman–Crippen MR) is 127 cm³/mol. The lowest BCUT2D eigenvalue weighted by Gasteiger charge is -2.28. The summed E-state index contributed by atoms with van der Waals surface area (Å²) >= 11 is 0. The van der Waals surface area contributed by atoms with Crippen molar-refractivity contribution >= 4 is 10.1 Å². The zero-order valence-corrected chi connectivity index (χ0v) is 20.4. The second kappa shape index (κ2) is 11.0. The van der Waals surface area contributed by atoms with E-state index in [0.717, 1.165) is 48.9 Å². The molecule has 192 valence electrons. The molecule has 0 saturated heterocycles. The van der Waals surface area contributed by atoms with E-state index >= 15 is 0 Å². The van der Waals surface area contributed by atoms with Gasteiger partial charge in [-0.05, 0) is 85.9 Å². The molecule has 4 rings (SSSR count). The minimum absolute atomic E-state index is 0.0857. The van der Waals surface area contributed by atoms with Crippen LogP contribution in [0.25, 0.3) is 11.1 Å². The fraction of sp³-hybridized carbons (Fsp3) is 0.333. The van der Waals surface area contributed by atoms with Crippen molar-refractivity contribution in [3.05, 3.63) is 83.4 Å². The van der Waals surface area contributed by atoms with Crippen molar-refractivity contribution in [1.82, 2.24) is 0 Å². The standard InChI is InChI=1S/C27H26F4O4S/c1-17-2-10-22(11-3-17)36(32,33)34-16-18-4-6-19(7-5-18)20-8-12-23(24(28)14-20)21-9-13-26(25(29)15-21)35-27(30)31/h2-3,8-15,18-19,27H,4-7,16H2,1H3/t18-,19-. The van der Waals surface area contributed by atoms with E-state index in [1.807, 2.05) is 6.92 Å². The van der Waals surface area contributed by atoms with Gasteiger partial charge in [0.1, 0.15) is 5.82 Å². The Hall–Kier alpha value is -2.91. The minimum Gasteiger partial charge on any atom is -0.432 e. The molecule has 1 aliphatic rings. The first-order valence-electron chi connectivity index (χ1n) is 11.6. The van der Waals surface area contributed by atoms with Crippen LogP contribution in [0.15, 0.2) is 65.6 Å². The molecule has 1 fully saturated rings. The number of hydrogen-bond donors (Lipinski definition) is 0. The first kappa shape index (κ1) is 26.2. The molecule has 3 aromatic rings. The van der Waals surface area contributed by atoms with Crippen LogP contribution in [0.5, 0.6) is 5.75 Å². The Balaban J connectivity index is 1.35. The average molecular weight is 523 g/mol. The highest BCUT2D eigenvalue weighted by molar-refractivity contribution is 7.86. The van der Waals surface area contributed by atoms with Crippen molar-refractivity contribution in [2.75, 3.05) is 6.61 Å². The number of alkyl halides is 2. The molecule has 0 aliphatic heterocycles. The maximum Gasteiger partial charge on any atom is 0.387 e. The fourth-order valence-electron chi connectivity index (χ4n) is 4.50. The van der Waals surface area contributed by atoms with Crippen LogP contribution >= 0.6 is 0 Å². The number of halogens is 4. The maximum absolute atomic E-state index is 14.9. The van der Waals surface area contributed by atoms with E-state index in [-0.39, 0.29) is 34.5 Å². The molecule has 0 amide bonds. The zero-order chi connectivity index (χ0) is 25.9. The van der Waals surface area contributed by atoms with Crippen molar-refractivity contribution in [3.8, 4) is 16.9 Å². The normalized spacial score (nSPS) is 18.4. The molecule has 4 nitrogen and oxygen atoms in total. The molecular formula is C27H26F4O4S. The predicted octanol–water partition coefficient (Wildman–Crippen LogP) is 7.22. The molecule has 0 unspecified atom stereocenters. The van der Waals surface area contributed by atoms with Gasteiger partial charge in [0.2, 0.25) is 0 Å². The van der Waals surface area contributed by atoms with Crippen LogP contribution < -0.4 is 4.74 Å². The highest BCUT2D eigenvalue weighted by Gasteiger charge is 2.26. The van der Waals surface area contributed by atoms with Crippen LogP contribution in [-0.4, -0.2) is 21.6 Å². The third-order valence-electron chi connectivity index (χ3n) is 6.54. The van der Waals surface area contributed by atoms with E-state index in [1.165, 1.54) is 24.3 Å². The van der Waals surface area contributed by atoms with E-state index in [0.29, 0.717) is 0 Å². The quantitative estimate of drug-likeness (QED) is 0.232. The summed E-state index contributed by atoms with van der Waals surface area (Å²) in [6.07, 6.45) is 3.00. The van der Waals surface area contributed by atoms with E-state index < -0.39 is 34.1 Å². The number of benzene rings is 3. The van der Waals surface area contributed by atoms with E-state index in [9.17, 15) is 26.0 Å². The first-order valence-corrected chi connectivity index (χ1v) is 13.0. The molecule has 0 spiro atoms. The Morgan fingerprint density at radius 2 is 1.58 bits per heavy atom. The molecular weight excluding hydrogens is 496 g/mol. The summed E-state index contributed by atoms with van der Waals surface area (Å²) in [5.74, 6) is -1.94. The first-order chi connectivity index (χ1) is 17.1. The van der Waals surface area contributed by atoms with Gasteiger partial charge in [0, 0.05) is 5.56 Å². The summed E-state index contributed by atoms with van der Waals surface area (Å²) in [4.78, 5) is 0.133. The van der Waals surface area contributed by atoms with Gasteiger partial charge in [-0.2, -0.15) is 17.2 Å². The van der Waals surface area contributed by atoms with Crippen LogP contribution in [0.1, 0.15) is 42.7 Å². The van der Waals surface area contributed by atoms with Crippen LogP contribution in [0, 0.1) is 24.5 Å². The average Bonchev–Trinajstić information content (AvgIpc) is 2.84. The second-order valence-electron chi connectivity index (χ2n) is 9.03. The van der Waals surface area contributed by atoms with Crippen LogP contribution in [0.2, 0.25) is 0 Å². The van der Waals surface area contributed by atoms with Crippen molar-refractivity contribution in [3.63, 3.8) is 0 Å². The Kier molecular flexibility index (Phi) is 8.00. The van der Waals surface area contributed by atoms with Crippen LogP contribution in [0.3, 0.4) is 0 Å². The van der Waals surface area contributed by atoms with Crippen molar-refractivity contribution in [2.45, 2.75) is 50.0 Å². The van der Waals surface area contributed by atoms with Gasteiger partial charge in [-0.3, -0.25) is 4.18 Å². The van der Waals surface area contributed by atoms with Crippen molar-refractivity contribution in [1.29, 1.82) is 0 Å². The largest absolute Gasteiger partial charge is 0.432 e. The molecule has 1 aliphatic carbocycles. The van der Waals surface area contributed by atoms with Gasteiger partial charge in [0.05, 0.1) is 11.5 Å². The monoisotopic (exact) mass is 522 g/mol. The van der Waals surface area contributed by atoms with Gasteiger partial charge in [-0.1, -0.05) is 35.9 Å². The van der Waals surface area contributed by atoms with Gasteiger partial charge in [-0.15, -0.1) is 0 Å². The lowest BCUT2D eigenvalue weighted by Crippen LogP contribution is -2.20. The molecule has 0 bridgehead atoms. The second-order valence-corrected chi connectivity index (χ2v) is 10.6. The van der Waals surface area contributed by atoms with Gasteiger partial charge < -0.3 is 4.74 Å². The third-order valence-corrected chi connectivity index (χ3v) is 7.83. The lowest BCUT2D eigenvalue weighted by molar-refractivity contribution is -0.0521.